The van der Waals surface area contributed by atoms with Gasteiger partial charge in [-0.05, 0) is 36.4 Å². The lowest BCUT2D eigenvalue weighted by Gasteiger charge is -2.04. The number of amides is 1. The molecular formula is C17H14N4OS. The van der Waals surface area contributed by atoms with Crippen LogP contribution >= 0.6 is 11.8 Å². The second-order valence-corrected chi connectivity index (χ2v) is 5.69. The largest absolute Gasteiger partial charge is 0.325 e. The number of pyridine rings is 1. The first-order chi connectivity index (χ1) is 11.3. The molecule has 0 saturated heterocycles. The van der Waals surface area contributed by atoms with Gasteiger partial charge >= 0.3 is 0 Å². The molecule has 3 rings (SSSR count). The van der Waals surface area contributed by atoms with Crippen molar-refractivity contribution >= 4 is 23.4 Å². The Morgan fingerprint density at radius 1 is 0.957 bits per heavy atom. The Morgan fingerprint density at radius 3 is 2.43 bits per heavy atom. The smallest absolute Gasteiger partial charge is 0.234 e. The summed E-state index contributed by atoms with van der Waals surface area (Å²) in [5, 5.41) is 11.9. The number of carbonyl (C=O) groups excluding carboxylic acids is 1. The van der Waals surface area contributed by atoms with Crippen LogP contribution in [0.5, 0.6) is 0 Å². The third-order valence-electron chi connectivity index (χ3n) is 3.02. The van der Waals surface area contributed by atoms with E-state index in [2.05, 4.69) is 20.5 Å². The van der Waals surface area contributed by atoms with E-state index < -0.39 is 0 Å². The molecule has 0 aliphatic rings. The third kappa shape index (κ3) is 4.37. The first-order valence-corrected chi connectivity index (χ1v) is 8.02. The van der Waals surface area contributed by atoms with Gasteiger partial charge in [0.2, 0.25) is 5.91 Å². The summed E-state index contributed by atoms with van der Waals surface area (Å²) in [6.45, 7) is 0. The van der Waals surface area contributed by atoms with Gasteiger partial charge in [-0.15, -0.1) is 10.2 Å². The molecule has 1 N–H and O–H groups in total. The predicted octanol–water partition coefficient (Wildman–Crippen LogP) is 3.27. The van der Waals surface area contributed by atoms with Crippen molar-refractivity contribution < 1.29 is 4.79 Å². The highest BCUT2D eigenvalue weighted by atomic mass is 32.2. The number of rotatable bonds is 5. The fraction of sp³-hybridized carbons (Fsp3) is 0.0588. The Morgan fingerprint density at radius 2 is 1.74 bits per heavy atom. The minimum atomic E-state index is -0.0683. The van der Waals surface area contributed by atoms with E-state index >= 15 is 0 Å². The van der Waals surface area contributed by atoms with Gasteiger partial charge in [0.05, 0.1) is 11.4 Å². The van der Waals surface area contributed by atoms with Crippen molar-refractivity contribution in [2.45, 2.75) is 5.03 Å². The van der Waals surface area contributed by atoms with Gasteiger partial charge in [-0.25, -0.2) is 0 Å². The van der Waals surface area contributed by atoms with Gasteiger partial charge in [0.1, 0.15) is 5.03 Å². The molecule has 0 aliphatic carbocycles. The molecule has 114 valence electrons. The van der Waals surface area contributed by atoms with Crippen LogP contribution in [0.2, 0.25) is 0 Å². The van der Waals surface area contributed by atoms with Crippen molar-refractivity contribution in [2.24, 2.45) is 0 Å². The molecule has 0 unspecified atom stereocenters. The van der Waals surface area contributed by atoms with E-state index in [4.69, 9.17) is 0 Å². The molecule has 6 heteroatoms. The summed E-state index contributed by atoms with van der Waals surface area (Å²) < 4.78 is 0. The Bertz CT molecular complexity index is 764. The topological polar surface area (TPSA) is 67.8 Å². The summed E-state index contributed by atoms with van der Waals surface area (Å²) in [7, 11) is 0. The van der Waals surface area contributed by atoms with Crippen molar-refractivity contribution in [3.8, 4) is 11.3 Å². The zero-order chi connectivity index (χ0) is 15.9. The maximum absolute atomic E-state index is 11.9. The van der Waals surface area contributed by atoms with E-state index in [9.17, 15) is 4.79 Å². The number of nitrogens with zero attached hydrogens (tertiary/aromatic N) is 3. The summed E-state index contributed by atoms with van der Waals surface area (Å²) in [4.78, 5) is 15.9. The molecule has 0 atom stereocenters. The highest BCUT2D eigenvalue weighted by Gasteiger charge is 2.06. The lowest BCUT2D eigenvalue weighted by atomic mass is 10.2. The molecule has 0 fully saturated rings. The van der Waals surface area contributed by atoms with Gasteiger partial charge in [0.25, 0.3) is 0 Å². The minimum Gasteiger partial charge on any atom is -0.325 e. The Labute approximate surface area is 138 Å². The quantitative estimate of drug-likeness (QED) is 0.730. The average molecular weight is 322 g/mol. The van der Waals surface area contributed by atoms with Crippen LogP contribution in [0.3, 0.4) is 0 Å². The number of hydrogen-bond donors (Lipinski definition) is 1. The predicted molar refractivity (Wildman–Crippen MR) is 91.1 cm³/mol. The van der Waals surface area contributed by atoms with Crippen LogP contribution in [-0.2, 0) is 4.79 Å². The average Bonchev–Trinajstić information content (AvgIpc) is 2.62. The maximum atomic E-state index is 11.9. The summed E-state index contributed by atoms with van der Waals surface area (Å²) in [6, 6.07) is 16.9. The van der Waals surface area contributed by atoms with Gasteiger partial charge < -0.3 is 5.32 Å². The van der Waals surface area contributed by atoms with Gasteiger partial charge in [0, 0.05) is 23.6 Å². The molecule has 0 radical (unpaired) electrons. The molecule has 0 saturated carbocycles. The Balaban J connectivity index is 1.55. The molecule has 5 nitrogen and oxygen atoms in total. The molecule has 2 aromatic heterocycles. The van der Waals surface area contributed by atoms with E-state index in [0.717, 1.165) is 16.9 Å². The molecule has 0 bridgehead atoms. The second kappa shape index (κ2) is 7.51. The highest BCUT2D eigenvalue weighted by molar-refractivity contribution is 7.99. The number of anilines is 1. The number of nitrogens with one attached hydrogen (secondary N) is 1. The number of para-hydroxylation sites is 1. The fourth-order valence-corrected chi connectivity index (χ4v) is 2.55. The van der Waals surface area contributed by atoms with E-state index in [1.165, 1.54) is 11.8 Å². The van der Waals surface area contributed by atoms with Crippen LogP contribution < -0.4 is 5.32 Å². The molecule has 0 spiro atoms. The number of benzene rings is 1. The Hall–Kier alpha value is -2.73. The standard InChI is InChI=1S/C17H14N4OS/c22-16(19-14-4-2-1-3-5-14)12-23-17-7-6-15(20-21-17)13-8-10-18-11-9-13/h1-11H,12H2,(H,19,22). The highest BCUT2D eigenvalue weighted by Crippen LogP contribution is 2.19. The second-order valence-electron chi connectivity index (χ2n) is 4.70. The number of carbonyl (C=O) groups is 1. The molecule has 1 aromatic carbocycles. The van der Waals surface area contributed by atoms with Crippen molar-refractivity contribution in [1.82, 2.24) is 15.2 Å². The van der Waals surface area contributed by atoms with E-state index in [1.807, 2.05) is 54.6 Å². The zero-order valence-electron chi connectivity index (χ0n) is 12.2. The van der Waals surface area contributed by atoms with E-state index in [0.29, 0.717) is 5.03 Å². The van der Waals surface area contributed by atoms with Gasteiger partial charge in [-0.3, -0.25) is 9.78 Å². The molecule has 1 amide bonds. The number of thioether (sulfide) groups is 1. The van der Waals surface area contributed by atoms with Gasteiger partial charge in [-0.2, -0.15) is 0 Å². The molecule has 23 heavy (non-hydrogen) atoms. The first kappa shape index (κ1) is 15.2. The van der Waals surface area contributed by atoms with Gasteiger partial charge in [0.15, 0.2) is 0 Å². The summed E-state index contributed by atoms with van der Waals surface area (Å²) >= 11 is 1.35. The van der Waals surface area contributed by atoms with Crippen LogP contribution in [0.4, 0.5) is 5.69 Å². The monoisotopic (exact) mass is 322 g/mol. The summed E-state index contributed by atoms with van der Waals surface area (Å²) in [6.07, 6.45) is 3.43. The fourth-order valence-electron chi connectivity index (χ4n) is 1.93. The lowest BCUT2D eigenvalue weighted by molar-refractivity contribution is -0.113. The number of aromatic nitrogens is 3. The minimum absolute atomic E-state index is 0.0683. The van der Waals surface area contributed by atoms with Crippen molar-refractivity contribution in [3.05, 3.63) is 67.0 Å². The van der Waals surface area contributed by atoms with E-state index in [-0.39, 0.29) is 11.7 Å². The summed E-state index contributed by atoms with van der Waals surface area (Å²) in [5.41, 5.74) is 2.54. The number of hydrogen-bond acceptors (Lipinski definition) is 5. The van der Waals surface area contributed by atoms with Crippen LogP contribution in [0.1, 0.15) is 0 Å². The SMILES string of the molecule is O=C(CSc1ccc(-c2ccncc2)nn1)Nc1ccccc1. The van der Waals surface area contributed by atoms with Crippen LogP contribution in [0.15, 0.2) is 72.0 Å². The summed E-state index contributed by atoms with van der Waals surface area (Å²) in [5.74, 6) is 0.222. The van der Waals surface area contributed by atoms with Crippen LogP contribution in [-0.4, -0.2) is 26.8 Å². The first-order valence-electron chi connectivity index (χ1n) is 7.03. The third-order valence-corrected chi connectivity index (χ3v) is 3.94. The Kier molecular flexibility index (Phi) is 4.95. The van der Waals surface area contributed by atoms with Crippen molar-refractivity contribution in [2.75, 3.05) is 11.1 Å². The molecular weight excluding hydrogens is 308 g/mol. The van der Waals surface area contributed by atoms with Crippen molar-refractivity contribution in [3.63, 3.8) is 0 Å². The maximum Gasteiger partial charge on any atom is 0.234 e. The molecule has 0 aliphatic heterocycles. The zero-order valence-corrected chi connectivity index (χ0v) is 13.0. The molecule has 3 aromatic rings. The van der Waals surface area contributed by atoms with Crippen LogP contribution in [0, 0.1) is 0 Å². The molecule has 2 heterocycles. The van der Waals surface area contributed by atoms with Crippen molar-refractivity contribution in [1.29, 1.82) is 0 Å². The normalized spacial score (nSPS) is 10.3. The van der Waals surface area contributed by atoms with Crippen LogP contribution in [0.25, 0.3) is 11.3 Å². The van der Waals surface area contributed by atoms with Gasteiger partial charge in [-0.1, -0.05) is 30.0 Å². The van der Waals surface area contributed by atoms with E-state index in [1.54, 1.807) is 12.4 Å². The lowest BCUT2D eigenvalue weighted by Crippen LogP contribution is -2.13.